The Morgan fingerprint density at radius 2 is 2.29 bits per heavy atom. The molecule has 1 amide bonds. The molecule has 2 N–H and O–H groups in total. The van der Waals surface area contributed by atoms with E-state index < -0.39 is 0 Å². The van der Waals surface area contributed by atoms with Gasteiger partial charge in [-0.25, -0.2) is 4.39 Å². The Labute approximate surface area is 135 Å². The molecule has 116 valence electrons. The van der Waals surface area contributed by atoms with Crippen LogP contribution in [0.5, 0.6) is 0 Å². The van der Waals surface area contributed by atoms with Gasteiger partial charge in [0.25, 0.3) is 0 Å². The van der Waals surface area contributed by atoms with E-state index in [1.807, 2.05) is 0 Å². The van der Waals surface area contributed by atoms with Crippen molar-refractivity contribution in [3.63, 3.8) is 0 Å². The monoisotopic (exact) mass is 332 g/mol. The first-order valence-corrected chi connectivity index (χ1v) is 7.49. The molecular weight excluding hydrogens is 314 g/mol. The molecule has 1 aromatic rings. The van der Waals surface area contributed by atoms with Crippen LogP contribution in [0.4, 0.5) is 4.39 Å². The van der Waals surface area contributed by atoms with Crippen LogP contribution in [0.1, 0.15) is 30.7 Å². The van der Waals surface area contributed by atoms with Gasteiger partial charge in [0, 0.05) is 35.0 Å². The highest BCUT2D eigenvalue weighted by Gasteiger charge is 2.46. The summed E-state index contributed by atoms with van der Waals surface area (Å²) in [6, 6.07) is 5.05. The molecule has 6 heteroatoms. The number of amides is 1. The maximum atomic E-state index is 13.8. The largest absolute Gasteiger partial charge is 0.354 e. The van der Waals surface area contributed by atoms with Gasteiger partial charge in [0.15, 0.2) is 0 Å². The number of hydrogen-bond donors (Lipinski definition) is 2. The fourth-order valence-electron chi connectivity index (χ4n) is 2.95. The highest BCUT2D eigenvalue weighted by molar-refractivity contribution is 6.31. The van der Waals surface area contributed by atoms with Crippen LogP contribution in [0, 0.1) is 11.7 Å². The van der Waals surface area contributed by atoms with Gasteiger partial charge in [-0.3, -0.25) is 4.79 Å². The lowest BCUT2D eigenvalue weighted by molar-refractivity contribution is -0.122. The average Bonchev–Trinajstić information content (AvgIpc) is 3.02. The van der Waals surface area contributed by atoms with Crippen LogP contribution >= 0.6 is 24.0 Å². The first-order chi connectivity index (χ1) is 9.66. The maximum Gasteiger partial charge on any atom is 0.223 e. The number of rotatable bonds is 4. The molecule has 3 atom stereocenters. The van der Waals surface area contributed by atoms with Gasteiger partial charge in [0.2, 0.25) is 5.91 Å². The van der Waals surface area contributed by atoms with Crippen LogP contribution in [-0.2, 0) is 4.79 Å². The van der Waals surface area contributed by atoms with Crippen LogP contribution < -0.4 is 10.6 Å². The topological polar surface area (TPSA) is 41.1 Å². The third kappa shape index (κ3) is 3.68. The molecule has 0 radical (unpaired) electrons. The Morgan fingerprint density at radius 3 is 2.95 bits per heavy atom. The van der Waals surface area contributed by atoms with Gasteiger partial charge >= 0.3 is 0 Å². The molecule has 2 fully saturated rings. The maximum absolute atomic E-state index is 13.8. The van der Waals surface area contributed by atoms with E-state index >= 15 is 0 Å². The number of carbonyl (C=O) groups excluding carboxylic acids is 1. The minimum Gasteiger partial charge on any atom is -0.354 e. The molecule has 1 aromatic carbocycles. The van der Waals surface area contributed by atoms with Crippen molar-refractivity contribution >= 4 is 29.9 Å². The number of halogens is 3. The molecule has 0 spiro atoms. The summed E-state index contributed by atoms with van der Waals surface area (Å²) in [6.45, 7) is 1.69. The summed E-state index contributed by atoms with van der Waals surface area (Å²) in [7, 11) is 0. The van der Waals surface area contributed by atoms with Gasteiger partial charge < -0.3 is 10.6 Å². The number of benzene rings is 1. The quantitative estimate of drug-likeness (QED) is 0.890. The summed E-state index contributed by atoms with van der Waals surface area (Å²) in [6.07, 6.45) is 2.95. The first kappa shape index (κ1) is 16.5. The fourth-order valence-corrected chi connectivity index (χ4v) is 3.26. The molecule has 0 bridgehead atoms. The van der Waals surface area contributed by atoms with Crippen LogP contribution in [0.25, 0.3) is 0 Å². The Kier molecular flexibility index (Phi) is 5.47. The Bertz CT molecular complexity index is 500. The smallest absolute Gasteiger partial charge is 0.223 e. The Hall–Kier alpha value is -0.840. The lowest BCUT2D eigenvalue weighted by Gasteiger charge is -2.11. The summed E-state index contributed by atoms with van der Waals surface area (Å²) in [4.78, 5) is 12.1. The SMILES string of the molecule is Cl.O=C(NCC1CCCN1)C1CC1c1c(F)cccc1Cl. The van der Waals surface area contributed by atoms with Crippen molar-refractivity contribution in [2.24, 2.45) is 5.92 Å². The molecule has 3 nitrogen and oxygen atoms in total. The van der Waals surface area contributed by atoms with Gasteiger partial charge in [0.05, 0.1) is 0 Å². The summed E-state index contributed by atoms with van der Waals surface area (Å²) in [5, 5.41) is 6.71. The van der Waals surface area contributed by atoms with Crippen molar-refractivity contribution in [1.82, 2.24) is 10.6 Å². The third-order valence-corrected chi connectivity index (χ3v) is 4.51. The highest BCUT2D eigenvalue weighted by atomic mass is 35.5. The van der Waals surface area contributed by atoms with Crippen LogP contribution in [-0.4, -0.2) is 25.0 Å². The summed E-state index contributed by atoms with van der Waals surface area (Å²) >= 11 is 6.03. The van der Waals surface area contributed by atoms with E-state index in [1.165, 1.54) is 6.07 Å². The second-order valence-electron chi connectivity index (χ2n) is 5.62. The van der Waals surface area contributed by atoms with Crippen LogP contribution in [0.3, 0.4) is 0 Å². The van der Waals surface area contributed by atoms with E-state index in [9.17, 15) is 9.18 Å². The zero-order chi connectivity index (χ0) is 14.1. The molecule has 3 unspecified atom stereocenters. The van der Waals surface area contributed by atoms with E-state index in [-0.39, 0.29) is 36.0 Å². The van der Waals surface area contributed by atoms with E-state index in [1.54, 1.807) is 12.1 Å². The molecule has 2 aliphatic rings. The predicted octanol–water partition coefficient (Wildman–Crippen LogP) is 2.87. The molecule has 1 saturated carbocycles. The highest BCUT2D eigenvalue weighted by Crippen LogP contribution is 2.50. The van der Waals surface area contributed by atoms with Crippen LogP contribution in [0.15, 0.2) is 18.2 Å². The van der Waals surface area contributed by atoms with Gasteiger partial charge in [-0.05, 0) is 37.9 Å². The lowest BCUT2D eigenvalue weighted by atomic mass is 10.1. The molecule has 1 aliphatic heterocycles. The number of carbonyl (C=O) groups is 1. The molecular formula is C15H19Cl2FN2O. The fraction of sp³-hybridized carbons (Fsp3) is 0.533. The molecule has 21 heavy (non-hydrogen) atoms. The summed E-state index contributed by atoms with van der Waals surface area (Å²) < 4.78 is 13.8. The number of hydrogen-bond acceptors (Lipinski definition) is 2. The minimum absolute atomic E-state index is 0. The molecule has 0 aromatic heterocycles. The van der Waals surface area contributed by atoms with E-state index in [4.69, 9.17) is 11.6 Å². The minimum atomic E-state index is -0.310. The van der Waals surface area contributed by atoms with Gasteiger partial charge in [-0.1, -0.05) is 17.7 Å². The van der Waals surface area contributed by atoms with Gasteiger partial charge in [-0.15, -0.1) is 12.4 Å². The summed E-state index contributed by atoms with van der Waals surface area (Å²) in [5.74, 6) is -0.496. The zero-order valence-corrected chi connectivity index (χ0v) is 13.1. The standard InChI is InChI=1S/C15H18ClFN2O.ClH/c16-12-4-1-5-13(17)14(12)10-7-11(10)15(20)19-8-9-3-2-6-18-9;/h1,4-5,9-11,18H,2-3,6-8H2,(H,19,20);1H. The second-order valence-corrected chi connectivity index (χ2v) is 6.03. The van der Waals surface area contributed by atoms with Crippen molar-refractivity contribution in [1.29, 1.82) is 0 Å². The van der Waals surface area contributed by atoms with Gasteiger partial charge in [-0.2, -0.15) is 0 Å². The predicted molar refractivity (Wildman–Crippen MR) is 83.5 cm³/mol. The summed E-state index contributed by atoms with van der Waals surface area (Å²) in [5.41, 5.74) is 0.494. The molecule has 1 saturated heterocycles. The molecule has 3 rings (SSSR count). The van der Waals surface area contributed by atoms with Crippen molar-refractivity contribution in [2.45, 2.75) is 31.2 Å². The van der Waals surface area contributed by atoms with Gasteiger partial charge in [0.1, 0.15) is 5.82 Å². The van der Waals surface area contributed by atoms with E-state index in [2.05, 4.69) is 10.6 Å². The lowest BCUT2D eigenvalue weighted by Crippen LogP contribution is -2.38. The second kappa shape index (κ2) is 6.95. The first-order valence-electron chi connectivity index (χ1n) is 7.12. The van der Waals surface area contributed by atoms with Crippen molar-refractivity contribution in [2.75, 3.05) is 13.1 Å². The normalized spacial score (nSPS) is 27.0. The molecule has 1 aliphatic carbocycles. The Balaban J connectivity index is 0.00000161. The van der Waals surface area contributed by atoms with Crippen LogP contribution in [0.2, 0.25) is 5.02 Å². The van der Waals surface area contributed by atoms with E-state index in [0.29, 0.717) is 29.6 Å². The third-order valence-electron chi connectivity index (χ3n) is 4.18. The average molecular weight is 333 g/mol. The van der Waals surface area contributed by atoms with E-state index in [0.717, 1.165) is 19.4 Å². The van der Waals surface area contributed by atoms with Crippen molar-refractivity contribution in [3.05, 3.63) is 34.6 Å². The molecule has 1 heterocycles. The number of nitrogens with one attached hydrogen (secondary N) is 2. The Morgan fingerprint density at radius 1 is 1.48 bits per heavy atom. The van der Waals surface area contributed by atoms with Crippen molar-refractivity contribution < 1.29 is 9.18 Å². The van der Waals surface area contributed by atoms with Crippen molar-refractivity contribution in [3.8, 4) is 0 Å². The zero-order valence-electron chi connectivity index (χ0n) is 11.6.